The smallest absolute Gasteiger partial charge is 0.264 e. The van der Waals surface area contributed by atoms with Crippen molar-refractivity contribution in [2.75, 3.05) is 25.1 Å². The van der Waals surface area contributed by atoms with Gasteiger partial charge in [-0.05, 0) is 67.8 Å². The Bertz CT molecular complexity index is 1800. The van der Waals surface area contributed by atoms with Crippen LogP contribution in [0.3, 0.4) is 0 Å². The standard InChI is InChI=1S/C37H42BrN3O6S/c1-6-27(3)39-37(43)33(22-28-11-8-7-9-12-28)40(24-29-13-10-14-30(38)21-29)36(42)25-41(31-17-20-34(46-4)35(23-31)47-5)48(44,45)32-18-15-26(2)16-19-32/h7-21,23,27,33H,6,22,24-25H2,1-5H3,(H,39,43). The lowest BCUT2D eigenvalue weighted by atomic mass is 10.0. The van der Waals surface area contributed by atoms with E-state index in [-0.39, 0.29) is 35.5 Å². The Kier molecular flexibility index (Phi) is 12.7. The molecular weight excluding hydrogens is 694 g/mol. The summed E-state index contributed by atoms with van der Waals surface area (Å²) in [6, 6.07) is 27.0. The summed E-state index contributed by atoms with van der Waals surface area (Å²) in [6.07, 6.45) is 0.926. The van der Waals surface area contributed by atoms with Crippen LogP contribution in [-0.4, -0.2) is 58.0 Å². The second-order valence-electron chi connectivity index (χ2n) is 11.5. The van der Waals surface area contributed by atoms with Gasteiger partial charge in [0.15, 0.2) is 11.5 Å². The maximum absolute atomic E-state index is 14.7. The normalized spacial score (nSPS) is 12.5. The van der Waals surface area contributed by atoms with Crippen molar-refractivity contribution in [1.82, 2.24) is 10.2 Å². The van der Waals surface area contributed by atoms with Crippen LogP contribution in [0.2, 0.25) is 0 Å². The molecule has 0 fully saturated rings. The van der Waals surface area contributed by atoms with Crippen LogP contribution < -0.4 is 19.1 Å². The van der Waals surface area contributed by atoms with E-state index in [1.54, 1.807) is 24.3 Å². The van der Waals surface area contributed by atoms with E-state index in [9.17, 15) is 18.0 Å². The van der Waals surface area contributed by atoms with E-state index in [0.717, 1.165) is 25.5 Å². The predicted octanol–water partition coefficient (Wildman–Crippen LogP) is 6.52. The van der Waals surface area contributed by atoms with Crippen LogP contribution in [0.5, 0.6) is 11.5 Å². The van der Waals surface area contributed by atoms with Gasteiger partial charge in [0.1, 0.15) is 12.6 Å². The number of carbonyl (C=O) groups is 2. The third kappa shape index (κ3) is 9.17. The highest BCUT2D eigenvalue weighted by Crippen LogP contribution is 2.34. The van der Waals surface area contributed by atoms with Crippen molar-refractivity contribution < 1.29 is 27.5 Å². The molecule has 0 bridgehead atoms. The number of hydrogen-bond acceptors (Lipinski definition) is 6. The lowest BCUT2D eigenvalue weighted by Gasteiger charge is -2.34. The van der Waals surface area contributed by atoms with Gasteiger partial charge >= 0.3 is 0 Å². The Morgan fingerprint density at radius 2 is 1.52 bits per heavy atom. The zero-order valence-corrected chi connectivity index (χ0v) is 30.3. The van der Waals surface area contributed by atoms with Crippen LogP contribution >= 0.6 is 15.9 Å². The van der Waals surface area contributed by atoms with Crippen molar-refractivity contribution in [1.29, 1.82) is 0 Å². The first-order chi connectivity index (χ1) is 23.0. The maximum Gasteiger partial charge on any atom is 0.264 e. The summed E-state index contributed by atoms with van der Waals surface area (Å²) >= 11 is 3.51. The van der Waals surface area contributed by atoms with E-state index in [1.165, 1.54) is 37.3 Å². The van der Waals surface area contributed by atoms with Gasteiger partial charge in [-0.15, -0.1) is 0 Å². The third-order valence-electron chi connectivity index (χ3n) is 8.06. The maximum atomic E-state index is 14.7. The molecule has 4 rings (SSSR count). The minimum Gasteiger partial charge on any atom is -0.493 e. The molecule has 0 radical (unpaired) electrons. The van der Waals surface area contributed by atoms with Crippen LogP contribution in [0, 0.1) is 6.92 Å². The van der Waals surface area contributed by atoms with Gasteiger partial charge in [-0.2, -0.15) is 0 Å². The van der Waals surface area contributed by atoms with Crippen molar-refractivity contribution in [2.45, 2.75) is 57.1 Å². The van der Waals surface area contributed by atoms with Gasteiger partial charge in [-0.3, -0.25) is 13.9 Å². The molecule has 11 heteroatoms. The number of benzene rings is 4. The van der Waals surface area contributed by atoms with E-state index in [0.29, 0.717) is 17.9 Å². The van der Waals surface area contributed by atoms with Gasteiger partial charge < -0.3 is 19.7 Å². The molecule has 0 aliphatic heterocycles. The minimum atomic E-state index is -4.27. The molecule has 254 valence electrons. The van der Waals surface area contributed by atoms with Gasteiger partial charge in [0, 0.05) is 29.5 Å². The molecule has 0 aliphatic carbocycles. The van der Waals surface area contributed by atoms with E-state index < -0.39 is 28.5 Å². The average molecular weight is 737 g/mol. The Labute approximate surface area is 292 Å². The molecule has 0 aromatic heterocycles. The van der Waals surface area contributed by atoms with E-state index in [1.807, 2.05) is 75.4 Å². The van der Waals surface area contributed by atoms with Crippen molar-refractivity contribution >= 4 is 43.5 Å². The van der Waals surface area contributed by atoms with Crippen molar-refractivity contribution in [3.05, 3.63) is 118 Å². The Hall–Kier alpha value is -4.35. The first-order valence-corrected chi connectivity index (χ1v) is 17.9. The van der Waals surface area contributed by atoms with E-state index in [2.05, 4.69) is 21.2 Å². The zero-order valence-electron chi connectivity index (χ0n) is 27.9. The second-order valence-corrected chi connectivity index (χ2v) is 14.3. The molecule has 0 spiro atoms. The van der Waals surface area contributed by atoms with Crippen LogP contribution in [0.15, 0.2) is 106 Å². The van der Waals surface area contributed by atoms with Gasteiger partial charge in [0.25, 0.3) is 10.0 Å². The molecule has 9 nitrogen and oxygen atoms in total. The predicted molar refractivity (Wildman–Crippen MR) is 192 cm³/mol. The van der Waals surface area contributed by atoms with E-state index in [4.69, 9.17) is 9.47 Å². The number of hydrogen-bond donors (Lipinski definition) is 1. The fourth-order valence-electron chi connectivity index (χ4n) is 5.17. The van der Waals surface area contributed by atoms with Crippen LogP contribution in [0.4, 0.5) is 5.69 Å². The van der Waals surface area contributed by atoms with Gasteiger partial charge in [0.2, 0.25) is 11.8 Å². The molecule has 0 heterocycles. The Balaban J connectivity index is 1.85. The fourth-order valence-corrected chi connectivity index (χ4v) is 7.03. The number of halogens is 1. The second kappa shape index (κ2) is 16.7. The molecule has 2 atom stereocenters. The molecule has 48 heavy (non-hydrogen) atoms. The highest BCUT2D eigenvalue weighted by Gasteiger charge is 2.35. The van der Waals surface area contributed by atoms with Crippen molar-refractivity contribution in [3.63, 3.8) is 0 Å². The Morgan fingerprint density at radius 3 is 2.15 bits per heavy atom. The molecule has 4 aromatic rings. The number of nitrogens with zero attached hydrogens (tertiary/aromatic N) is 2. The number of sulfonamides is 1. The number of carbonyl (C=O) groups excluding carboxylic acids is 2. The topological polar surface area (TPSA) is 105 Å². The van der Waals surface area contributed by atoms with Crippen molar-refractivity contribution in [2.24, 2.45) is 0 Å². The first-order valence-electron chi connectivity index (χ1n) is 15.7. The molecule has 1 N–H and O–H groups in total. The molecule has 0 saturated carbocycles. The van der Waals surface area contributed by atoms with Crippen LogP contribution in [-0.2, 0) is 32.6 Å². The number of amides is 2. The van der Waals surface area contributed by atoms with Gasteiger partial charge in [-0.25, -0.2) is 8.42 Å². The number of ether oxygens (including phenoxy) is 2. The fraction of sp³-hybridized carbons (Fsp3) is 0.297. The lowest BCUT2D eigenvalue weighted by molar-refractivity contribution is -0.140. The number of aryl methyl sites for hydroxylation is 1. The SMILES string of the molecule is CCC(C)NC(=O)C(Cc1ccccc1)N(Cc1cccc(Br)c1)C(=O)CN(c1ccc(OC)c(OC)c1)S(=O)(=O)c1ccc(C)cc1. The lowest BCUT2D eigenvalue weighted by Crippen LogP contribution is -2.54. The van der Waals surface area contributed by atoms with Gasteiger partial charge in [-0.1, -0.05) is 83.0 Å². The summed E-state index contributed by atoms with van der Waals surface area (Å²) in [5.41, 5.74) is 2.72. The molecule has 4 aromatic carbocycles. The van der Waals surface area contributed by atoms with Crippen LogP contribution in [0.25, 0.3) is 0 Å². The summed E-state index contributed by atoms with van der Waals surface area (Å²) in [6.45, 7) is 5.22. The minimum absolute atomic E-state index is 0.0181. The number of rotatable bonds is 15. The Morgan fingerprint density at radius 1 is 0.854 bits per heavy atom. The third-order valence-corrected chi connectivity index (χ3v) is 10.3. The largest absolute Gasteiger partial charge is 0.493 e. The molecule has 0 saturated heterocycles. The van der Waals surface area contributed by atoms with Crippen molar-refractivity contribution in [3.8, 4) is 11.5 Å². The first kappa shape index (κ1) is 36.5. The van der Waals surface area contributed by atoms with E-state index >= 15 is 0 Å². The van der Waals surface area contributed by atoms with Crippen LogP contribution in [0.1, 0.15) is 37.0 Å². The summed E-state index contributed by atoms with van der Waals surface area (Å²) in [5.74, 6) is -0.176. The average Bonchev–Trinajstić information content (AvgIpc) is 3.08. The highest BCUT2D eigenvalue weighted by atomic mass is 79.9. The number of nitrogens with one attached hydrogen (secondary N) is 1. The number of methoxy groups -OCH3 is 2. The monoisotopic (exact) mass is 735 g/mol. The molecule has 0 aliphatic rings. The molecule has 2 amide bonds. The molecule has 2 unspecified atom stereocenters. The molecular formula is C37H42BrN3O6S. The summed E-state index contributed by atoms with van der Waals surface area (Å²) in [4.78, 5) is 30.2. The quantitative estimate of drug-likeness (QED) is 0.149. The summed E-state index contributed by atoms with van der Waals surface area (Å²) in [7, 11) is -1.33. The summed E-state index contributed by atoms with van der Waals surface area (Å²) < 4.78 is 41.4. The number of anilines is 1. The summed E-state index contributed by atoms with van der Waals surface area (Å²) in [5, 5.41) is 3.05. The zero-order chi connectivity index (χ0) is 34.8. The highest BCUT2D eigenvalue weighted by molar-refractivity contribution is 9.10. The van der Waals surface area contributed by atoms with Gasteiger partial charge in [0.05, 0.1) is 24.8 Å².